The lowest BCUT2D eigenvalue weighted by Crippen LogP contribution is -2.15. The van der Waals surface area contributed by atoms with Crippen molar-refractivity contribution >= 4 is 66.5 Å². The maximum Gasteiger partial charge on any atom is 0.340 e. The van der Waals surface area contributed by atoms with E-state index in [9.17, 15) is 9.59 Å². The average Bonchev–Trinajstić information content (AvgIpc) is 3.51. The SMILES string of the molecule is COC(=O)c1cc(-c2ccccc2)sc1NC(=O)CSc1nnc2sc3ccccc3n12. The van der Waals surface area contributed by atoms with Gasteiger partial charge in [0, 0.05) is 4.88 Å². The number of esters is 1. The lowest BCUT2D eigenvalue weighted by Gasteiger charge is -2.04. The summed E-state index contributed by atoms with van der Waals surface area (Å²) in [4.78, 5) is 26.6. The Labute approximate surface area is 195 Å². The smallest absolute Gasteiger partial charge is 0.340 e. The molecule has 0 saturated carbocycles. The van der Waals surface area contributed by atoms with E-state index in [-0.39, 0.29) is 11.7 Å². The van der Waals surface area contributed by atoms with E-state index in [1.165, 1.54) is 30.2 Å². The van der Waals surface area contributed by atoms with Crippen molar-refractivity contribution in [3.63, 3.8) is 0 Å². The lowest BCUT2D eigenvalue weighted by molar-refractivity contribution is -0.113. The maximum absolute atomic E-state index is 12.7. The molecule has 0 aliphatic carbocycles. The first-order valence-electron chi connectivity index (χ1n) is 9.57. The van der Waals surface area contributed by atoms with Crippen LogP contribution >= 0.6 is 34.4 Å². The van der Waals surface area contributed by atoms with Gasteiger partial charge >= 0.3 is 5.97 Å². The highest BCUT2D eigenvalue weighted by Crippen LogP contribution is 2.36. The number of nitrogens with one attached hydrogen (secondary N) is 1. The number of para-hydroxylation sites is 1. The lowest BCUT2D eigenvalue weighted by atomic mass is 10.1. The molecule has 3 aromatic heterocycles. The number of nitrogens with zero attached hydrogens (tertiary/aromatic N) is 3. The number of aromatic nitrogens is 3. The number of hydrogen-bond donors (Lipinski definition) is 1. The molecule has 5 aromatic rings. The molecular weight excluding hydrogens is 464 g/mol. The number of rotatable bonds is 6. The third kappa shape index (κ3) is 3.88. The Balaban J connectivity index is 1.36. The monoisotopic (exact) mass is 480 g/mol. The topological polar surface area (TPSA) is 85.6 Å². The van der Waals surface area contributed by atoms with Crippen LogP contribution in [0.1, 0.15) is 10.4 Å². The largest absolute Gasteiger partial charge is 0.465 e. The number of methoxy groups -OCH3 is 1. The Morgan fingerprint density at radius 1 is 1.06 bits per heavy atom. The summed E-state index contributed by atoms with van der Waals surface area (Å²) in [7, 11) is 1.32. The molecule has 7 nitrogen and oxygen atoms in total. The number of carbonyl (C=O) groups is 2. The standard InChI is InChI=1S/C22H16N4O3S3/c1-29-20(28)14-11-17(13-7-3-2-4-8-13)31-19(14)23-18(27)12-30-21-24-25-22-26(21)15-9-5-6-10-16(15)32-22/h2-11H,12H2,1H3,(H,23,27). The van der Waals surface area contributed by atoms with E-state index in [1.807, 2.05) is 59.0 Å². The molecule has 0 aliphatic heterocycles. The number of carbonyl (C=O) groups excluding carboxylic acids is 2. The van der Waals surface area contributed by atoms with Crippen LogP contribution in [0.3, 0.4) is 0 Å². The third-order valence-corrected chi connectivity index (χ3v) is 7.73. The summed E-state index contributed by atoms with van der Waals surface area (Å²) < 4.78 is 7.96. The minimum absolute atomic E-state index is 0.129. The Morgan fingerprint density at radius 2 is 1.84 bits per heavy atom. The van der Waals surface area contributed by atoms with Gasteiger partial charge < -0.3 is 10.1 Å². The molecule has 5 rings (SSSR count). The molecule has 32 heavy (non-hydrogen) atoms. The number of thioether (sulfide) groups is 1. The number of amides is 1. The molecular formula is C22H16N4O3S3. The molecule has 10 heteroatoms. The molecule has 0 aliphatic rings. The number of fused-ring (bicyclic) bond motifs is 3. The Bertz CT molecular complexity index is 1440. The van der Waals surface area contributed by atoms with Crippen LogP contribution in [0, 0.1) is 0 Å². The highest BCUT2D eigenvalue weighted by molar-refractivity contribution is 7.99. The predicted octanol–water partition coefficient (Wildman–Crippen LogP) is 5.19. The van der Waals surface area contributed by atoms with E-state index in [0.29, 0.717) is 15.7 Å². The van der Waals surface area contributed by atoms with Gasteiger partial charge in [-0.3, -0.25) is 9.20 Å². The molecule has 0 bridgehead atoms. The Hall–Kier alpha value is -3.21. The fourth-order valence-electron chi connectivity index (χ4n) is 3.23. The minimum atomic E-state index is -0.490. The zero-order valence-corrected chi connectivity index (χ0v) is 19.2. The highest BCUT2D eigenvalue weighted by atomic mass is 32.2. The predicted molar refractivity (Wildman–Crippen MR) is 129 cm³/mol. The van der Waals surface area contributed by atoms with Crippen LogP contribution in [0.2, 0.25) is 0 Å². The van der Waals surface area contributed by atoms with Gasteiger partial charge in [-0.15, -0.1) is 21.5 Å². The first-order valence-corrected chi connectivity index (χ1v) is 12.2. The van der Waals surface area contributed by atoms with Crippen LogP contribution in [-0.4, -0.2) is 39.3 Å². The van der Waals surface area contributed by atoms with Crippen LogP contribution in [0.4, 0.5) is 5.00 Å². The number of benzene rings is 2. The van der Waals surface area contributed by atoms with Gasteiger partial charge in [0.2, 0.25) is 10.9 Å². The Morgan fingerprint density at radius 3 is 2.66 bits per heavy atom. The fourth-order valence-corrected chi connectivity index (χ4v) is 6.07. The van der Waals surface area contributed by atoms with Crippen LogP contribution in [0.15, 0.2) is 65.8 Å². The van der Waals surface area contributed by atoms with Crippen LogP contribution in [-0.2, 0) is 9.53 Å². The summed E-state index contributed by atoms with van der Waals surface area (Å²) in [5, 5.41) is 12.4. The van der Waals surface area contributed by atoms with Gasteiger partial charge in [-0.2, -0.15) is 0 Å². The van der Waals surface area contributed by atoms with Gasteiger partial charge in [-0.25, -0.2) is 4.79 Å². The molecule has 1 amide bonds. The molecule has 0 saturated heterocycles. The van der Waals surface area contributed by atoms with Gasteiger partial charge in [-0.1, -0.05) is 65.6 Å². The second-order valence-electron chi connectivity index (χ2n) is 6.72. The number of ether oxygens (including phenoxy) is 1. The molecule has 0 unspecified atom stereocenters. The number of anilines is 1. The maximum atomic E-state index is 12.7. The van der Waals surface area contributed by atoms with Crippen molar-refractivity contribution in [1.29, 1.82) is 0 Å². The number of thiazole rings is 1. The average molecular weight is 481 g/mol. The minimum Gasteiger partial charge on any atom is -0.465 e. The fraction of sp³-hybridized carbons (Fsp3) is 0.0909. The van der Waals surface area contributed by atoms with E-state index in [2.05, 4.69) is 15.5 Å². The summed E-state index contributed by atoms with van der Waals surface area (Å²) in [6.45, 7) is 0. The summed E-state index contributed by atoms with van der Waals surface area (Å²) >= 11 is 4.19. The van der Waals surface area contributed by atoms with Crippen molar-refractivity contribution in [2.45, 2.75) is 5.16 Å². The van der Waals surface area contributed by atoms with E-state index >= 15 is 0 Å². The molecule has 160 valence electrons. The van der Waals surface area contributed by atoms with Crippen molar-refractivity contribution in [2.24, 2.45) is 0 Å². The Kier molecular flexibility index (Phi) is 5.64. The van der Waals surface area contributed by atoms with Gasteiger partial charge in [0.25, 0.3) is 0 Å². The normalized spacial score (nSPS) is 11.2. The van der Waals surface area contributed by atoms with Crippen LogP contribution in [0.5, 0.6) is 0 Å². The molecule has 1 N–H and O–H groups in total. The quantitative estimate of drug-likeness (QED) is 0.266. The van der Waals surface area contributed by atoms with Crippen molar-refractivity contribution < 1.29 is 14.3 Å². The van der Waals surface area contributed by atoms with Gasteiger partial charge in [0.1, 0.15) is 5.00 Å². The summed E-state index contributed by atoms with van der Waals surface area (Å²) in [5.41, 5.74) is 2.32. The zero-order valence-electron chi connectivity index (χ0n) is 16.8. The summed E-state index contributed by atoms with van der Waals surface area (Å²) in [6.07, 6.45) is 0. The number of thiophene rings is 1. The molecule has 0 atom stereocenters. The molecule has 0 radical (unpaired) electrons. The van der Waals surface area contributed by atoms with E-state index in [1.54, 1.807) is 17.4 Å². The van der Waals surface area contributed by atoms with Crippen molar-refractivity contribution in [3.8, 4) is 10.4 Å². The molecule has 2 aromatic carbocycles. The first kappa shape index (κ1) is 20.7. The second-order valence-corrected chi connectivity index (χ2v) is 9.72. The highest BCUT2D eigenvalue weighted by Gasteiger charge is 2.20. The zero-order chi connectivity index (χ0) is 22.1. The number of hydrogen-bond acceptors (Lipinski definition) is 8. The first-order chi connectivity index (χ1) is 15.6. The summed E-state index contributed by atoms with van der Waals surface area (Å²) in [5.74, 6) is -0.599. The molecule has 0 spiro atoms. The van der Waals surface area contributed by atoms with Gasteiger partial charge in [0.05, 0.1) is 28.6 Å². The van der Waals surface area contributed by atoms with Crippen LogP contribution < -0.4 is 5.32 Å². The third-order valence-electron chi connectivity index (χ3n) is 4.69. The van der Waals surface area contributed by atoms with E-state index < -0.39 is 5.97 Å². The van der Waals surface area contributed by atoms with E-state index in [4.69, 9.17) is 4.74 Å². The van der Waals surface area contributed by atoms with Crippen molar-refractivity contribution in [1.82, 2.24) is 14.6 Å². The summed E-state index contributed by atoms with van der Waals surface area (Å²) in [6, 6.07) is 19.4. The second kappa shape index (κ2) is 8.73. The van der Waals surface area contributed by atoms with E-state index in [0.717, 1.165) is 25.6 Å². The van der Waals surface area contributed by atoms with Crippen molar-refractivity contribution in [2.75, 3.05) is 18.2 Å². The van der Waals surface area contributed by atoms with Crippen LogP contribution in [0.25, 0.3) is 25.6 Å². The van der Waals surface area contributed by atoms with Crippen molar-refractivity contribution in [3.05, 3.63) is 66.2 Å². The van der Waals surface area contributed by atoms with Gasteiger partial charge in [0.15, 0.2) is 5.16 Å². The molecule has 3 heterocycles. The molecule has 0 fully saturated rings. The van der Waals surface area contributed by atoms with Gasteiger partial charge in [-0.05, 0) is 23.8 Å².